The summed E-state index contributed by atoms with van der Waals surface area (Å²) in [5.74, 6) is 0.291. The Morgan fingerprint density at radius 2 is 2.16 bits per heavy atom. The molecule has 0 heterocycles. The van der Waals surface area contributed by atoms with E-state index in [9.17, 15) is 13.6 Å². The maximum absolute atomic E-state index is 12.3. The van der Waals surface area contributed by atoms with Crippen molar-refractivity contribution in [3.8, 4) is 11.5 Å². The molecule has 6 heteroatoms. The summed E-state index contributed by atoms with van der Waals surface area (Å²) in [6, 6.07) is 4.15. The summed E-state index contributed by atoms with van der Waals surface area (Å²) in [6.45, 7) is -2.47. The van der Waals surface area contributed by atoms with Gasteiger partial charge in [-0.15, -0.1) is 0 Å². The predicted octanol–water partition coefficient (Wildman–Crippen LogP) is 2.44. The highest BCUT2D eigenvalue weighted by Gasteiger charge is 2.23. The van der Waals surface area contributed by atoms with Gasteiger partial charge in [0, 0.05) is 12.6 Å². The van der Waals surface area contributed by atoms with Gasteiger partial charge < -0.3 is 14.8 Å². The molecule has 0 spiro atoms. The third kappa shape index (κ3) is 3.81. The molecular weight excluding hydrogens is 256 g/mol. The first kappa shape index (κ1) is 13.6. The number of amides is 1. The number of benzene rings is 1. The third-order valence-electron chi connectivity index (χ3n) is 2.82. The van der Waals surface area contributed by atoms with Gasteiger partial charge in [-0.05, 0) is 37.0 Å². The zero-order chi connectivity index (χ0) is 13.8. The number of hydrogen-bond donors (Lipinski definition) is 1. The Labute approximate surface area is 109 Å². The second-order valence-electron chi connectivity index (χ2n) is 4.37. The second kappa shape index (κ2) is 5.86. The molecule has 1 aromatic carbocycles. The molecule has 1 aromatic rings. The monoisotopic (exact) mass is 271 g/mol. The molecule has 1 aliphatic rings. The molecule has 0 aliphatic heterocycles. The molecule has 1 N–H and O–H groups in total. The van der Waals surface area contributed by atoms with Crippen molar-refractivity contribution in [2.45, 2.75) is 19.5 Å². The number of alkyl halides is 2. The first-order chi connectivity index (χ1) is 9.10. The molecule has 1 aliphatic carbocycles. The van der Waals surface area contributed by atoms with Crippen LogP contribution in [0.3, 0.4) is 0 Å². The van der Waals surface area contributed by atoms with Gasteiger partial charge in [-0.25, -0.2) is 0 Å². The van der Waals surface area contributed by atoms with Gasteiger partial charge in [0.15, 0.2) is 11.5 Å². The summed E-state index contributed by atoms with van der Waals surface area (Å²) < 4.78 is 34.4. The lowest BCUT2D eigenvalue weighted by atomic mass is 10.2. The number of carbonyl (C=O) groups is 1. The van der Waals surface area contributed by atoms with Crippen LogP contribution in [-0.2, 0) is 0 Å². The van der Waals surface area contributed by atoms with Crippen LogP contribution in [0.2, 0.25) is 0 Å². The minimum absolute atomic E-state index is 0.0525. The van der Waals surface area contributed by atoms with Crippen LogP contribution in [0.4, 0.5) is 8.78 Å². The van der Waals surface area contributed by atoms with E-state index in [-0.39, 0.29) is 17.4 Å². The quantitative estimate of drug-likeness (QED) is 0.864. The number of halogens is 2. The topological polar surface area (TPSA) is 47.6 Å². The van der Waals surface area contributed by atoms with E-state index in [1.54, 1.807) is 0 Å². The predicted molar refractivity (Wildman–Crippen MR) is 64.7 cm³/mol. The minimum Gasteiger partial charge on any atom is -0.489 e. The standard InChI is InChI=1S/C13H15F2NO3/c1-16-12(17)9-4-5-10(19-13(14)15)11(6-9)18-7-8-2-3-8/h4-6,8,13H,2-3,7H2,1H3,(H,16,17). The molecular formula is C13H15F2NO3. The molecule has 1 saturated carbocycles. The highest BCUT2D eigenvalue weighted by Crippen LogP contribution is 2.34. The van der Waals surface area contributed by atoms with Gasteiger partial charge in [-0.2, -0.15) is 8.78 Å². The van der Waals surface area contributed by atoms with E-state index in [1.807, 2.05) is 0 Å². The van der Waals surface area contributed by atoms with Crippen molar-refractivity contribution >= 4 is 5.91 Å². The van der Waals surface area contributed by atoms with Crippen molar-refractivity contribution in [1.82, 2.24) is 5.32 Å². The van der Waals surface area contributed by atoms with Crippen LogP contribution in [-0.4, -0.2) is 26.2 Å². The number of nitrogens with one attached hydrogen (secondary N) is 1. The number of hydrogen-bond acceptors (Lipinski definition) is 3. The van der Waals surface area contributed by atoms with Gasteiger partial charge in [0.1, 0.15) is 0 Å². The maximum atomic E-state index is 12.3. The van der Waals surface area contributed by atoms with Crippen LogP contribution in [0.1, 0.15) is 23.2 Å². The van der Waals surface area contributed by atoms with Crippen LogP contribution in [0.15, 0.2) is 18.2 Å². The Hall–Kier alpha value is -1.85. The molecule has 1 amide bonds. The fourth-order valence-electron chi connectivity index (χ4n) is 1.59. The Morgan fingerprint density at radius 3 is 2.74 bits per heavy atom. The summed E-state index contributed by atoms with van der Waals surface area (Å²) in [5, 5.41) is 2.46. The number of ether oxygens (including phenoxy) is 2. The van der Waals surface area contributed by atoms with E-state index in [0.29, 0.717) is 18.1 Å². The Bertz CT molecular complexity index is 461. The number of rotatable bonds is 6. The van der Waals surface area contributed by atoms with Gasteiger partial charge in [0.05, 0.1) is 6.61 Å². The van der Waals surface area contributed by atoms with Crippen LogP contribution < -0.4 is 14.8 Å². The normalized spacial score (nSPS) is 14.3. The van der Waals surface area contributed by atoms with Crippen molar-refractivity contribution in [2.75, 3.05) is 13.7 Å². The van der Waals surface area contributed by atoms with E-state index in [2.05, 4.69) is 10.1 Å². The van der Waals surface area contributed by atoms with Crippen molar-refractivity contribution < 1.29 is 23.0 Å². The lowest BCUT2D eigenvalue weighted by Gasteiger charge is -2.13. The molecule has 0 saturated heterocycles. The SMILES string of the molecule is CNC(=O)c1ccc(OC(F)F)c(OCC2CC2)c1. The van der Waals surface area contributed by atoms with Gasteiger partial charge in [-0.3, -0.25) is 4.79 Å². The molecule has 104 valence electrons. The van der Waals surface area contributed by atoms with Crippen molar-refractivity contribution in [1.29, 1.82) is 0 Å². The van der Waals surface area contributed by atoms with Gasteiger partial charge in [0.25, 0.3) is 5.91 Å². The molecule has 0 unspecified atom stereocenters. The Kier molecular flexibility index (Phi) is 4.19. The van der Waals surface area contributed by atoms with E-state index in [4.69, 9.17) is 4.74 Å². The average molecular weight is 271 g/mol. The lowest BCUT2D eigenvalue weighted by Crippen LogP contribution is -2.18. The summed E-state index contributed by atoms with van der Waals surface area (Å²) in [5.41, 5.74) is 0.343. The highest BCUT2D eigenvalue weighted by molar-refractivity contribution is 5.94. The van der Waals surface area contributed by atoms with Crippen molar-refractivity contribution in [3.05, 3.63) is 23.8 Å². The van der Waals surface area contributed by atoms with Gasteiger partial charge >= 0.3 is 6.61 Å². The first-order valence-electron chi connectivity index (χ1n) is 6.04. The molecule has 0 atom stereocenters. The van der Waals surface area contributed by atoms with E-state index >= 15 is 0 Å². The second-order valence-corrected chi connectivity index (χ2v) is 4.37. The Balaban J connectivity index is 2.17. The number of carbonyl (C=O) groups excluding carboxylic acids is 1. The van der Waals surface area contributed by atoms with Crippen molar-refractivity contribution in [2.24, 2.45) is 5.92 Å². The highest BCUT2D eigenvalue weighted by atomic mass is 19.3. The van der Waals surface area contributed by atoms with Gasteiger partial charge in [-0.1, -0.05) is 0 Å². The maximum Gasteiger partial charge on any atom is 0.387 e. The third-order valence-corrected chi connectivity index (χ3v) is 2.82. The minimum atomic E-state index is -2.92. The van der Waals surface area contributed by atoms with Crippen LogP contribution in [0.25, 0.3) is 0 Å². The average Bonchev–Trinajstić information content (AvgIpc) is 3.20. The summed E-state index contributed by atoms with van der Waals surface area (Å²) in [6.07, 6.45) is 2.17. The zero-order valence-corrected chi connectivity index (χ0v) is 10.5. The lowest BCUT2D eigenvalue weighted by molar-refractivity contribution is -0.0515. The van der Waals surface area contributed by atoms with Crippen LogP contribution >= 0.6 is 0 Å². The van der Waals surface area contributed by atoms with Crippen LogP contribution in [0, 0.1) is 5.92 Å². The molecule has 0 bridgehead atoms. The summed E-state index contributed by atoms with van der Waals surface area (Å²) >= 11 is 0. The smallest absolute Gasteiger partial charge is 0.387 e. The van der Waals surface area contributed by atoms with E-state index in [1.165, 1.54) is 25.2 Å². The Morgan fingerprint density at radius 1 is 1.42 bits per heavy atom. The molecule has 1 fully saturated rings. The summed E-state index contributed by atoms with van der Waals surface area (Å²) in [4.78, 5) is 11.5. The van der Waals surface area contributed by atoms with Crippen LogP contribution in [0.5, 0.6) is 11.5 Å². The fourth-order valence-corrected chi connectivity index (χ4v) is 1.59. The van der Waals surface area contributed by atoms with E-state index < -0.39 is 6.61 Å². The molecule has 19 heavy (non-hydrogen) atoms. The van der Waals surface area contributed by atoms with Gasteiger partial charge in [0.2, 0.25) is 0 Å². The summed E-state index contributed by atoms with van der Waals surface area (Å²) in [7, 11) is 1.50. The van der Waals surface area contributed by atoms with E-state index in [0.717, 1.165) is 12.8 Å². The molecule has 4 nitrogen and oxygen atoms in total. The van der Waals surface area contributed by atoms with Crippen molar-refractivity contribution in [3.63, 3.8) is 0 Å². The fraction of sp³-hybridized carbons (Fsp3) is 0.462. The largest absolute Gasteiger partial charge is 0.489 e. The molecule has 0 aromatic heterocycles. The molecule has 0 radical (unpaired) electrons. The zero-order valence-electron chi connectivity index (χ0n) is 10.5. The first-order valence-corrected chi connectivity index (χ1v) is 6.04. The molecule has 2 rings (SSSR count).